The zero-order chi connectivity index (χ0) is 13.3. The lowest BCUT2D eigenvalue weighted by Gasteiger charge is -2.08. The van der Waals surface area contributed by atoms with Gasteiger partial charge >= 0.3 is 6.18 Å². The van der Waals surface area contributed by atoms with Gasteiger partial charge in [-0.1, -0.05) is 24.3 Å². The van der Waals surface area contributed by atoms with Gasteiger partial charge in [0, 0.05) is 0 Å². The second-order valence-corrected chi connectivity index (χ2v) is 4.04. The van der Waals surface area contributed by atoms with Gasteiger partial charge in [-0.25, -0.2) is 4.39 Å². The molecule has 0 fully saturated rings. The van der Waals surface area contributed by atoms with Crippen molar-refractivity contribution in [1.82, 2.24) is 0 Å². The molecule has 0 saturated carbocycles. The standard InChI is InChI=1S/C14H10F4/c1-9-2-3-11(8-13(9)15)10-4-6-12(7-5-10)14(16,17)18/h2-8H,1H3. The van der Waals surface area contributed by atoms with Crippen molar-refractivity contribution in [2.75, 3.05) is 0 Å². The normalized spacial score (nSPS) is 11.6. The van der Waals surface area contributed by atoms with E-state index >= 15 is 0 Å². The molecule has 0 aliphatic rings. The third kappa shape index (κ3) is 2.53. The lowest BCUT2D eigenvalue weighted by atomic mass is 10.0. The molecule has 0 aromatic heterocycles. The first-order chi connectivity index (χ1) is 8.38. The van der Waals surface area contributed by atoms with E-state index in [1.807, 2.05) is 0 Å². The van der Waals surface area contributed by atoms with Gasteiger partial charge in [-0.2, -0.15) is 13.2 Å². The molecule has 94 valence electrons. The molecule has 0 aliphatic carbocycles. The Morgan fingerprint density at radius 3 is 1.89 bits per heavy atom. The summed E-state index contributed by atoms with van der Waals surface area (Å²) in [6.07, 6.45) is -4.35. The van der Waals surface area contributed by atoms with Crippen LogP contribution in [0.3, 0.4) is 0 Å². The summed E-state index contributed by atoms with van der Waals surface area (Å²) in [7, 11) is 0. The largest absolute Gasteiger partial charge is 0.416 e. The molecule has 0 unspecified atom stereocenters. The van der Waals surface area contributed by atoms with Crippen LogP contribution in [0.15, 0.2) is 42.5 Å². The molecule has 2 aromatic rings. The van der Waals surface area contributed by atoms with Gasteiger partial charge in [0.05, 0.1) is 5.56 Å². The minimum atomic E-state index is -4.35. The highest BCUT2D eigenvalue weighted by atomic mass is 19.4. The van der Waals surface area contributed by atoms with Crippen molar-refractivity contribution in [2.45, 2.75) is 13.1 Å². The monoisotopic (exact) mass is 254 g/mol. The van der Waals surface area contributed by atoms with Gasteiger partial charge in [-0.05, 0) is 41.8 Å². The van der Waals surface area contributed by atoms with E-state index in [2.05, 4.69) is 0 Å². The first kappa shape index (κ1) is 12.6. The number of hydrogen-bond acceptors (Lipinski definition) is 0. The van der Waals surface area contributed by atoms with Crippen molar-refractivity contribution < 1.29 is 17.6 Å². The molecule has 0 bridgehead atoms. The minimum Gasteiger partial charge on any atom is -0.207 e. The van der Waals surface area contributed by atoms with Crippen molar-refractivity contribution in [1.29, 1.82) is 0 Å². The van der Waals surface area contributed by atoms with Crippen LogP contribution in [0.1, 0.15) is 11.1 Å². The highest BCUT2D eigenvalue weighted by Crippen LogP contribution is 2.31. The first-order valence-electron chi connectivity index (χ1n) is 5.32. The maximum Gasteiger partial charge on any atom is 0.416 e. The molecule has 0 amide bonds. The van der Waals surface area contributed by atoms with Gasteiger partial charge in [0.15, 0.2) is 0 Å². The maximum absolute atomic E-state index is 13.4. The lowest BCUT2D eigenvalue weighted by molar-refractivity contribution is -0.137. The molecule has 0 nitrogen and oxygen atoms in total. The second-order valence-electron chi connectivity index (χ2n) is 4.04. The Labute approximate surface area is 102 Å². The van der Waals surface area contributed by atoms with E-state index in [9.17, 15) is 17.6 Å². The predicted molar refractivity (Wildman–Crippen MR) is 61.6 cm³/mol. The molecule has 2 rings (SSSR count). The maximum atomic E-state index is 13.4. The summed E-state index contributed by atoms with van der Waals surface area (Å²) in [4.78, 5) is 0. The van der Waals surface area contributed by atoms with Crippen LogP contribution in [0, 0.1) is 12.7 Å². The van der Waals surface area contributed by atoms with Crippen molar-refractivity contribution >= 4 is 0 Å². The van der Waals surface area contributed by atoms with Crippen LogP contribution in [0.4, 0.5) is 17.6 Å². The van der Waals surface area contributed by atoms with Gasteiger partial charge in [0.1, 0.15) is 5.82 Å². The summed E-state index contributed by atoms with van der Waals surface area (Å²) in [6.45, 7) is 1.63. The molecule has 0 heterocycles. The van der Waals surface area contributed by atoms with E-state index < -0.39 is 11.7 Å². The third-order valence-corrected chi connectivity index (χ3v) is 2.72. The molecular formula is C14H10F4. The molecular weight excluding hydrogens is 244 g/mol. The molecule has 0 saturated heterocycles. The summed E-state index contributed by atoms with van der Waals surface area (Å²) in [5.74, 6) is -0.368. The van der Waals surface area contributed by atoms with Gasteiger partial charge in [-0.3, -0.25) is 0 Å². The SMILES string of the molecule is Cc1ccc(-c2ccc(C(F)(F)F)cc2)cc1F. The Hall–Kier alpha value is -1.84. The summed E-state index contributed by atoms with van der Waals surface area (Å²) in [6, 6.07) is 9.27. The molecule has 18 heavy (non-hydrogen) atoms. The molecule has 0 radical (unpaired) electrons. The fourth-order valence-corrected chi connectivity index (χ4v) is 1.62. The zero-order valence-corrected chi connectivity index (χ0v) is 9.55. The predicted octanol–water partition coefficient (Wildman–Crippen LogP) is 4.82. The van der Waals surface area contributed by atoms with Crippen molar-refractivity contribution in [3.8, 4) is 11.1 Å². The average molecular weight is 254 g/mol. The van der Waals surface area contributed by atoms with E-state index in [0.29, 0.717) is 16.7 Å². The highest BCUT2D eigenvalue weighted by Gasteiger charge is 2.29. The van der Waals surface area contributed by atoms with Gasteiger partial charge in [0.25, 0.3) is 0 Å². The summed E-state index contributed by atoms with van der Waals surface area (Å²) in [5, 5.41) is 0. The number of hydrogen-bond donors (Lipinski definition) is 0. The van der Waals surface area contributed by atoms with E-state index in [1.54, 1.807) is 19.1 Å². The van der Waals surface area contributed by atoms with Crippen LogP contribution < -0.4 is 0 Å². The zero-order valence-electron chi connectivity index (χ0n) is 9.55. The number of alkyl halides is 3. The van der Waals surface area contributed by atoms with Crippen LogP contribution in [0.25, 0.3) is 11.1 Å². The number of aryl methyl sites for hydroxylation is 1. The van der Waals surface area contributed by atoms with Crippen molar-refractivity contribution in [2.24, 2.45) is 0 Å². The van der Waals surface area contributed by atoms with Crippen molar-refractivity contribution in [3.63, 3.8) is 0 Å². The highest BCUT2D eigenvalue weighted by molar-refractivity contribution is 5.64. The first-order valence-corrected chi connectivity index (χ1v) is 5.32. The Balaban J connectivity index is 2.37. The van der Waals surface area contributed by atoms with Gasteiger partial charge in [-0.15, -0.1) is 0 Å². The van der Waals surface area contributed by atoms with Crippen molar-refractivity contribution in [3.05, 3.63) is 59.4 Å². The Morgan fingerprint density at radius 1 is 0.833 bits per heavy atom. The minimum absolute atomic E-state index is 0.368. The van der Waals surface area contributed by atoms with Gasteiger partial charge in [0.2, 0.25) is 0 Å². The fraction of sp³-hybridized carbons (Fsp3) is 0.143. The van der Waals surface area contributed by atoms with Crippen LogP contribution in [0.2, 0.25) is 0 Å². The fourth-order valence-electron chi connectivity index (χ4n) is 1.62. The number of benzene rings is 2. The summed E-state index contributed by atoms with van der Waals surface area (Å²) in [5.41, 5.74) is 0.915. The number of rotatable bonds is 1. The van der Waals surface area contributed by atoms with Crippen LogP contribution >= 0.6 is 0 Å². The van der Waals surface area contributed by atoms with Crippen LogP contribution in [-0.4, -0.2) is 0 Å². The van der Waals surface area contributed by atoms with Crippen LogP contribution in [0.5, 0.6) is 0 Å². The Bertz CT molecular complexity index is 553. The Morgan fingerprint density at radius 2 is 1.39 bits per heavy atom. The lowest BCUT2D eigenvalue weighted by Crippen LogP contribution is -2.03. The van der Waals surface area contributed by atoms with E-state index in [0.717, 1.165) is 12.1 Å². The molecule has 0 aliphatic heterocycles. The van der Waals surface area contributed by atoms with E-state index in [-0.39, 0.29) is 5.82 Å². The average Bonchev–Trinajstić information content (AvgIpc) is 2.32. The smallest absolute Gasteiger partial charge is 0.207 e. The van der Waals surface area contributed by atoms with E-state index in [4.69, 9.17) is 0 Å². The Kier molecular flexibility index (Phi) is 3.11. The second kappa shape index (κ2) is 4.44. The quantitative estimate of drug-likeness (QED) is 0.640. The van der Waals surface area contributed by atoms with Crippen LogP contribution in [-0.2, 0) is 6.18 Å². The molecule has 0 N–H and O–H groups in total. The summed E-state index contributed by atoms with van der Waals surface area (Å²) < 4.78 is 50.5. The summed E-state index contributed by atoms with van der Waals surface area (Å²) >= 11 is 0. The topological polar surface area (TPSA) is 0 Å². The molecule has 0 atom stereocenters. The third-order valence-electron chi connectivity index (χ3n) is 2.72. The molecule has 2 aromatic carbocycles. The van der Waals surface area contributed by atoms with E-state index in [1.165, 1.54) is 18.2 Å². The van der Waals surface area contributed by atoms with Gasteiger partial charge < -0.3 is 0 Å². The molecule has 0 spiro atoms. The molecule has 4 heteroatoms. The number of halogens is 4.